The summed E-state index contributed by atoms with van der Waals surface area (Å²) in [6.45, 7) is 0. The second-order valence-electron chi connectivity index (χ2n) is 15.1. The fourth-order valence-corrected chi connectivity index (χ4v) is 10.4. The number of fused-ring (bicyclic) bond motifs is 4. The van der Waals surface area contributed by atoms with Crippen molar-refractivity contribution in [3.05, 3.63) is 177 Å². The Bertz CT molecular complexity index is 2550. The molecular weight excluding hydrogens is 782 g/mol. The number of benzene rings is 5. The van der Waals surface area contributed by atoms with Crippen LogP contribution in [0.1, 0.15) is 51.4 Å². The third kappa shape index (κ3) is 5.58. The zero-order valence-electron chi connectivity index (χ0n) is 30.8. The minimum absolute atomic E-state index is 0.113. The summed E-state index contributed by atoms with van der Waals surface area (Å²) in [5, 5.41) is 10.9. The summed E-state index contributed by atoms with van der Waals surface area (Å²) >= 11 is 3.51. The van der Waals surface area contributed by atoms with Crippen LogP contribution in [0.2, 0.25) is 0 Å². The molecule has 6 unspecified atom stereocenters. The minimum Gasteiger partial charge on any atom is -0.503 e. The van der Waals surface area contributed by atoms with Crippen molar-refractivity contribution in [1.29, 1.82) is 0 Å². The zero-order chi connectivity index (χ0) is 39.6. The number of amides is 2. The number of anilines is 1. The molecule has 9 heteroatoms. The molecule has 1 heterocycles. The standard InChI is InChI=1S/C48H36BrNO7/c1-57-39-24-30(23-38(49)45(39)54)42-33-21-22-34-41(47(56)50(46(34)55)32-19-17-29(18-20-32)43(52)28-13-7-3-8-14-28)36(33)25-37-44(53)35(27-11-5-2-6-12-27)26-40(51)48(37,42)31-15-9-4-10-16-31/h2-21,23-24,26,34,36-37,41-42,54H,22,25H2,1H3. The van der Waals surface area contributed by atoms with Crippen LogP contribution in [0.4, 0.5) is 5.69 Å². The van der Waals surface area contributed by atoms with Crippen molar-refractivity contribution in [2.24, 2.45) is 23.7 Å². The third-order valence-corrected chi connectivity index (χ3v) is 13.0. The molecule has 282 valence electrons. The van der Waals surface area contributed by atoms with Crippen LogP contribution in [-0.4, -0.2) is 41.4 Å². The predicted molar refractivity (Wildman–Crippen MR) is 218 cm³/mol. The monoisotopic (exact) mass is 817 g/mol. The van der Waals surface area contributed by atoms with Crippen LogP contribution in [0.25, 0.3) is 5.57 Å². The lowest BCUT2D eigenvalue weighted by Gasteiger charge is -2.55. The molecule has 1 saturated heterocycles. The molecule has 57 heavy (non-hydrogen) atoms. The topological polar surface area (TPSA) is 118 Å². The lowest BCUT2D eigenvalue weighted by atomic mass is 9.44. The van der Waals surface area contributed by atoms with Gasteiger partial charge in [-0.1, -0.05) is 103 Å². The van der Waals surface area contributed by atoms with Gasteiger partial charge in [0.2, 0.25) is 11.8 Å². The molecule has 9 rings (SSSR count). The number of allylic oxidation sites excluding steroid dienone is 4. The number of carbonyl (C=O) groups excluding carboxylic acids is 5. The Labute approximate surface area is 337 Å². The van der Waals surface area contributed by atoms with E-state index in [1.165, 1.54) is 18.1 Å². The maximum atomic E-state index is 15.3. The number of imide groups is 1. The first-order valence-electron chi connectivity index (χ1n) is 18.9. The molecular formula is C48H36BrNO7. The number of methoxy groups -OCH3 is 1. The van der Waals surface area contributed by atoms with Gasteiger partial charge in [-0.15, -0.1) is 0 Å². The maximum Gasteiger partial charge on any atom is 0.238 e. The fourth-order valence-electron chi connectivity index (χ4n) is 9.94. The van der Waals surface area contributed by atoms with Crippen LogP contribution >= 0.6 is 15.9 Å². The van der Waals surface area contributed by atoms with Crippen molar-refractivity contribution in [1.82, 2.24) is 0 Å². The Morgan fingerprint density at radius 3 is 2.09 bits per heavy atom. The molecule has 0 spiro atoms. The quantitative estimate of drug-likeness (QED) is 0.0996. The minimum atomic E-state index is -1.43. The maximum absolute atomic E-state index is 15.3. The number of phenols is 1. The van der Waals surface area contributed by atoms with E-state index in [1.807, 2.05) is 72.8 Å². The van der Waals surface area contributed by atoms with Gasteiger partial charge < -0.3 is 9.84 Å². The van der Waals surface area contributed by atoms with Crippen LogP contribution in [0.3, 0.4) is 0 Å². The smallest absolute Gasteiger partial charge is 0.238 e. The van der Waals surface area contributed by atoms with E-state index in [0.29, 0.717) is 43.6 Å². The van der Waals surface area contributed by atoms with Gasteiger partial charge in [0.15, 0.2) is 28.8 Å². The molecule has 3 aliphatic carbocycles. The van der Waals surface area contributed by atoms with E-state index >= 15 is 9.59 Å². The van der Waals surface area contributed by atoms with Crippen LogP contribution < -0.4 is 9.64 Å². The summed E-state index contributed by atoms with van der Waals surface area (Å²) in [6, 6.07) is 37.3. The van der Waals surface area contributed by atoms with E-state index in [0.717, 1.165) is 5.57 Å². The molecule has 5 aromatic rings. The summed E-state index contributed by atoms with van der Waals surface area (Å²) in [4.78, 5) is 74.0. The molecule has 0 bridgehead atoms. The summed E-state index contributed by atoms with van der Waals surface area (Å²) in [6.07, 6.45) is 3.87. The van der Waals surface area contributed by atoms with Gasteiger partial charge in [-0.3, -0.25) is 28.9 Å². The highest BCUT2D eigenvalue weighted by Crippen LogP contribution is 2.64. The summed E-state index contributed by atoms with van der Waals surface area (Å²) in [5.41, 5.74) is 2.88. The highest BCUT2D eigenvalue weighted by Gasteiger charge is 2.66. The number of rotatable bonds is 7. The number of carbonyl (C=O) groups is 5. The van der Waals surface area contributed by atoms with Crippen LogP contribution in [0.15, 0.2) is 150 Å². The Hall–Kier alpha value is -6.19. The second-order valence-corrected chi connectivity index (χ2v) is 15.9. The van der Waals surface area contributed by atoms with E-state index in [2.05, 4.69) is 15.9 Å². The average molecular weight is 819 g/mol. The van der Waals surface area contributed by atoms with Gasteiger partial charge in [-0.05, 0) is 93.9 Å². The lowest BCUT2D eigenvalue weighted by molar-refractivity contribution is -0.135. The highest BCUT2D eigenvalue weighted by molar-refractivity contribution is 9.10. The second kappa shape index (κ2) is 14.1. The number of phenolic OH excluding ortho intramolecular Hbond substituents is 1. The van der Waals surface area contributed by atoms with E-state index < -0.39 is 35.0 Å². The van der Waals surface area contributed by atoms with Crippen molar-refractivity contribution in [3.8, 4) is 11.5 Å². The van der Waals surface area contributed by atoms with Crippen molar-refractivity contribution >= 4 is 56.4 Å². The van der Waals surface area contributed by atoms with Crippen molar-refractivity contribution < 1.29 is 33.8 Å². The van der Waals surface area contributed by atoms with Crippen molar-refractivity contribution in [2.45, 2.75) is 24.2 Å². The van der Waals surface area contributed by atoms with Crippen molar-refractivity contribution in [2.75, 3.05) is 12.0 Å². The van der Waals surface area contributed by atoms with Crippen LogP contribution in [0.5, 0.6) is 11.5 Å². The van der Waals surface area contributed by atoms with Gasteiger partial charge in [-0.2, -0.15) is 0 Å². The molecule has 1 saturated carbocycles. The molecule has 6 atom stereocenters. The normalized spacial score (nSPS) is 25.2. The van der Waals surface area contributed by atoms with Gasteiger partial charge >= 0.3 is 0 Å². The van der Waals surface area contributed by atoms with E-state index in [9.17, 15) is 19.5 Å². The SMILES string of the molecule is COc1cc(C2C3=CCC4C(=O)N(c5ccc(C(=O)c6ccccc6)cc5)C(=O)C4C3CC3C(=O)C(c4ccccc4)=CC(=O)C32c2ccccc2)cc(Br)c1O. The molecule has 5 aromatic carbocycles. The zero-order valence-corrected chi connectivity index (χ0v) is 32.4. The van der Waals surface area contributed by atoms with E-state index in [-0.39, 0.29) is 53.5 Å². The summed E-state index contributed by atoms with van der Waals surface area (Å²) < 4.78 is 5.96. The Morgan fingerprint density at radius 1 is 0.789 bits per heavy atom. The van der Waals surface area contributed by atoms with Gasteiger partial charge in [0.1, 0.15) is 0 Å². The summed E-state index contributed by atoms with van der Waals surface area (Å²) in [7, 11) is 1.45. The number of hydrogen-bond acceptors (Lipinski definition) is 7. The number of Topliss-reactive ketones (excluding diaryl/α,β-unsaturated/α-hetero) is 1. The number of aromatic hydroxyl groups is 1. The average Bonchev–Trinajstić information content (AvgIpc) is 3.51. The van der Waals surface area contributed by atoms with Gasteiger partial charge in [0.05, 0.1) is 34.5 Å². The van der Waals surface area contributed by atoms with Crippen LogP contribution in [0, 0.1) is 23.7 Å². The largest absolute Gasteiger partial charge is 0.503 e. The molecule has 2 amide bonds. The molecule has 0 radical (unpaired) electrons. The molecule has 0 aromatic heterocycles. The van der Waals surface area contributed by atoms with E-state index in [1.54, 1.807) is 60.7 Å². The highest BCUT2D eigenvalue weighted by atomic mass is 79.9. The van der Waals surface area contributed by atoms with Crippen LogP contribution in [-0.2, 0) is 24.6 Å². The molecule has 4 aliphatic rings. The lowest BCUT2D eigenvalue weighted by Crippen LogP contribution is -2.58. The Kier molecular flexibility index (Phi) is 9.00. The third-order valence-electron chi connectivity index (χ3n) is 12.4. The predicted octanol–water partition coefficient (Wildman–Crippen LogP) is 8.42. The molecule has 1 N–H and O–H groups in total. The fraction of sp³-hybridized carbons (Fsp3) is 0.188. The molecule has 2 fully saturated rings. The van der Waals surface area contributed by atoms with Gasteiger partial charge in [-0.25, -0.2) is 0 Å². The number of halogens is 1. The first kappa shape index (κ1) is 36.4. The van der Waals surface area contributed by atoms with Gasteiger partial charge in [0, 0.05) is 28.5 Å². The summed E-state index contributed by atoms with van der Waals surface area (Å²) in [5.74, 6) is -5.07. The number of ether oxygens (including phenoxy) is 1. The van der Waals surface area contributed by atoms with E-state index in [4.69, 9.17) is 4.74 Å². The molecule has 1 aliphatic heterocycles. The van der Waals surface area contributed by atoms with Crippen molar-refractivity contribution in [3.63, 3.8) is 0 Å². The Balaban J connectivity index is 1.19. The first-order valence-corrected chi connectivity index (χ1v) is 19.7. The first-order chi connectivity index (χ1) is 27.6. The number of ketones is 3. The number of hydrogen-bond donors (Lipinski definition) is 1. The molecule has 8 nitrogen and oxygen atoms in total. The van der Waals surface area contributed by atoms with Gasteiger partial charge in [0.25, 0.3) is 0 Å². The number of nitrogens with zero attached hydrogens (tertiary/aromatic N) is 1. The Morgan fingerprint density at radius 2 is 1.42 bits per heavy atom.